The van der Waals surface area contributed by atoms with Crippen LogP contribution in [-0.2, 0) is 21.4 Å². The van der Waals surface area contributed by atoms with Gasteiger partial charge in [-0.25, -0.2) is 4.79 Å². The van der Waals surface area contributed by atoms with Crippen molar-refractivity contribution in [3.05, 3.63) is 11.8 Å². The molecule has 7 heteroatoms. The van der Waals surface area contributed by atoms with Gasteiger partial charge in [0.05, 0.1) is 5.69 Å². The van der Waals surface area contributed by atoms with Gasteiger partial charge in [0, 0.05) is 26.6 Å². The van der Waals surface area contributed by atoms with E-state index < -0.39 is 11.6 Å². The van der Waals surface area contributed by atoms with Crippen molar-refractivity contribution in [2.45, 2.75) is 39.3 Å². The Balaban J connectivity index is 2.31. The summed E-state index contributed by atoms with van der Waals surface area (Å²) >= 11 is 0. The van der Waals surface area contributed by atoms with Gasteiger partial charge in [-0.15, -0.1) is 0 Å². The van der Waals surface area contributed by atoms with Crippen LogP contribution in [0.25, 0.3) is 0 Å². The second-order valence-electron chi connectivity index (χ2n) is 5.91. The van der Waals surface area contributed by atoms with Crippen molar-refractivity contribution < 1.29 is 14.3 Å². The van der Waals surface area contributed by atoms with Gasteiger partial charge in [-0.1, -0.05) is 6.92 Å². The van der Waals surface area contributed by atoms with Crippen LogP contribution in [0.3, 0.4) is 0 Å². The summed E-state index contributed by atoms with van der Waals surface area (Å²) in [4.78, 5) is 25.5. The number of carbonyl (C=O) groups is 2. The fraction of sp³-hybridized carbons (Fsp3) is 0.643. The number of morpholine rings is 1. The highest BCUT2D eigenvalue weighted by molar-refractivity contribution is 5.88. The van der Waals surface area contributed by atoms with E-state index in [0.717, 1.165) is 6.54 Å². The van der Waals surface area contributed by atoms with Gasteiger partial charge in [0.2, 0.25) is 5.91 Å². The van der Waals surface area contributed by atoms with Crippen molar-refractivity contribution in [1.82, 2.24) is 14.7 Å². The summed E-state index contributed by atoms with van der Waals surface area (Å²) in [6.45, 7) is 8.58. The molecule has 0 bridgehead atoms. The van der Waals surface area contributed by atoms with Gasteiger partial charge in [0.15, 0.2) is 6.04 Å². The zero-order chi connectivity index (χ0) is 15.8. The van der Waals surface area contributed by atoms with Crippen LogP contribution in [0.2, 0.25) is 0 Å². The number of amides is 1. The number of cyclic esters (lactones) is 1. The molecule has 116 valence electrons. The normalized spacial score (nSPS) is 22.0. The summed E-state index contributed by atoms with van der Waals surface area (Å²) < 4.78 is 7.04. The molecule has 1 saturated heterocycles. The lowest BCUT2D eigenvalue weighted by Crippen LogP contribution is -2.52. The van der Waals surface area contributed by atoms with E-state index in [1.807, 2.05) is 25.7 Å². The number of esters is 1. The van der Waals surface area contributed by atoms with Crippen molar-refractivity contribution in [3.8, 4) is 0 Å². The molecule has 0 aromatic carbocycles. The number of aromatic nitrogens is 2. The molecule has 0 spiro atoms. The molecule has 1 atom stereocenters. The van der Waals surface area contributed by atoms with E-state index in [2.05, 4.69) is 10.4 Å². The SMILES string of the molecule is CCN1CC(C)(C)OC(=O)C1c1cc(NC(C)=O)n(C)n1. The summed E-state index contributed by atoms with van der Waals surface area (Å²) in [6.07, 6.45) is 0. The average Bonchev–Trinajstić information content (AvgIpc) is 2.67. The molecular weight excluding hydrogens is 272 g/mol. The van der Waals surface area contributed by atoms with E-state index in [1.54, 1.807) is 17.8 Å². The smallest absolute Gasteiger partial charge is 0.330 e. The molecule has 2 heterocycles. The summed E-state index contributed by atoms with van der Waals surface area (Å²) in [5, 5.41) is 7.03. The highest BCUT2D eigenvalue weighted by atomic mass is 16.6. The molecule has 1 unspecified atom stereocenters. The fourth-order valence-electron chi connectivity index (χ4n) is 2.61. The Hall–Kier alpha value is -1.89. The summed E-state index contributed by atoms with van der Waals surface area (Å²) in [6, 6.07) is 1.19. The lowest BCUT2D eigenvalue weighted by Gasteiger charge is -2.41. The van der Waals surface area contributed by atoms with Gasteiger partial charge in [-0.05, 0) is 20.4 Å². The Kier molecular flexibility index (Phi) is 4.04. The Labute approximate surface area is 124 Å². The highest BCUT2D eigenvalue weighted by Crippen LogP contribution is 2.31. The highest BCUT2D eigenvalue weighted by Gasteiger charge is 2.42. The quantitative estimate of drug-likeness (QED) is 0.844. The zero-order valence-corrected chi connectivity index (χ0v) is 13.1. The summed E-state index contributed by atoms with van der Waals surface area (Å²) in [7, 11) is 1.73. The molecule has 21 heavy (non-hydrogen) atoms. The molecule has 1 aromatic rings. The first kappa shape index (κ1) is 15.5. The number of ether oxygens (including phenoxy) is 1. The number of nitrogens with one attached hydrogen (secondary N) is 1. The van der Waals surface area contributed by atoms with Crippen LogP contribution in [0, 0.1) is 0 Å². The molecule has 1 fully saturated rings. The van der Waals surface area contributed by atoms with Gasteiger partial charge in [-0.3, -0.25) is 14.4 Å². The Bertz CT molecular complexity index is 565. The van der Waals surface area contributed by atoms with Crippen LogP contribution in [-0.4, -0.2) is 45.2 Å². The first-order valence-corrected chi connectivity index (χ1v) is 7.02. The number of hydrogen-bond acceptors (Lipinski definition) is 5. The number of hydrogen-bond donors (Lipinski definition) is 1. The first-order chi connectivity index (χ1) is 9.73. The van der Waals surface area contributed by atoms with Gasteiger partial charge < -0.3 is 10.1 Å². The molecular formula is C14H22N4O3. The van der Waals surface area contributed by atoms with E-state index in [1.165, 1.54) is 6.92 Å². The van der Waals surface area contributed by atoms with Gasteiger partial charge in [0.1, 0.15) is 11.4 Å². The Morgan fingerprint density at radius 3 is 2.81 bits per heavy atom. The Morgan fingerprint density at radius 2 is 2.24 bits per heavy atom. The lowest BCUT2D eigenvalue weighted by atomic mass is 10.0. The zero-order valence-electron chi connectivity index (χ0n) is 13.1. The van der Waals surface area contributed by atoms with E-state index >= 15 is 0 Å². The molecule has 7 nitrogen and oxygen atoms in total. The minimum Gasteiger partial charge on any atom is -0.457 e. The maximum absolute atomic E-state index is 12.3. The standard InChI is InChI=1S/C14H22N4O3/c1-6-18-8-14(3,4)21-13(20)12(18)10-7-11(15-9(2)19)17(5)16-10/h7,12H,6,8H2,1-5H3,(H,15,19). The maximum Gasteiger partial charge on any atom is 0.330 e. The van der Waals surface area contributed by atoms with Gasteiger partial charge in [-0.2, -0.15) is 5.10 Å². The molecule has 1 amide bonds. The summed E-state index contributed by atoms with van der Waals surface area (Å²) in [5.41, 5.74) is 0.0855. The fourth-order valence-corrected chi connectivity index (χ4v) is 2.61. The van der Waals surface area contributed by atoms with Crippen molar-refractivity contribution in [2.75, 3.05) is 18.4 Å². The number of anilines is 1. The number of aryl methyl sites for hydroxylation is 1. The topological polar surface area (TPSA) is 76.5 Å². The minimum atomic E-state index is -0.531. The Morgan fingerprint density at radius 1 is 1.57 bits per heavy atom. The molecule has 2 rings (SSSR count). The molecule has 0 saturated carbocycles. The third kappa shape index (κ3) is 3.24. The number of nitrogens with zero attached hydrogens (tertiary/aromatic N) is 3. The van der Waals surface area contributed by atoms with Crippen molar-refractivity contribution >= 4 is 17.7 Å². The number of likely N-dealkylation sites (N-methyl/N-ethyl adjacent to an activating group) is 1. The van der Waals surface area contributed by atoms with Crippen LogP contribution in [0.4, 0.5) is 5.82 Å². The van der Waals surface area contributed by atoms with Crippen molar-refractivity contribution in [2.24, 2.45) is 7.05 Å². The van der Waals surface area contributed by atoms with E-state index in [0.29, 0.717) is 18.1 Å². The lowest BCUT2D eigenvalue weighted by molar-refractivity contribution is -0.178. The van der Waals surface area contributed by atoms with E-state index in [9.17, 15) is 9.59 Å². The minimum absolute atomic E-state index is 0.177. The van der Waals surface area contributed by atoms with Crippen LogP contribution in [0.5, 0.6) is 0 Å². The summed E-state index contributed by atoms with van der Waals surface area (Å²) in [5.74, 6) is 0.0796. The number of rotatable bonds is 3. The number of carbonyl (C=O) groups excluding carboxylic acids is 2. The van der Waals surface area contributed by atoms with Crippen molar-refractivity contribution in [3.63, 3.8) is 0 Å². The molecule has 1 aliphatic heterocycles. The molecule has 0 aliphatic carbocycles. The third-order valence-corrected chi connectivity index (χ3v) is 3.44. The van der Waals surface area contributed by atoms with Crippen LogP contribution in [0.1, 0.15) is 39.4 Å². The molecule has 1 aromatic heterocycles. The van der Waals surface area contributed by atoms with Crippen LogP contribution >= 0.6 is 0 Å². The van der Waals surface area contributed by atoms with Gasteiger partial charge in [0.25, 0.3) is 0 Å². The van der Waals surface area contributed by atoms with Crippen LogP contribution in [0.15, 0.2) is 6.07 Å². The second-order valence-corrected chi connectivity index (χ2v) is 5.91. The molecule has 0 radical (unpaired) electrons. The third-order valence-electron chi connectivity index (χ3n) is 3.44. The molecule has 1 N–H and O–H groups in total. The second kappa shape index (κ2) is 5.48. The monoisotopic (exact) mass is 294 g/mol. The predicted molar refractivity (Wildman–Crippen MR) is 77.7 cm³/mol. The van der Waals surface area contributed by atoms with E-state index in [4.69, 9.17) is 4.74 Å². The first-order valence-electron chi connectivity index (χ1n) is 7.02. The predicted octanol–water partition coefficient (Wildman–Crippen LogP) is 1.08. The average molecular weight is 294 g/mol. The molecule has 1 aliphatic rings. The largest absolute Gasteiger partial charge is 0.457 e. The van der Waals surface area contributed by atoms with Crippen LogP contribution < -0.4 is 5.32 Å². The maximum atomic E-state index is 12.3. The van der Waals surface area contributed by atoms with Crippen molar-refractivity contribution in [1.29, 1.82) is 0 Å². The van der Waals surface area contributed by atoms with E-state index in [-0.39, 0.29) is 11.9 Å². The van der Waals surface area contributed by atoms with Gasteiger partial charge >= 0.3 is 5.97 Å².